The first-order valence-corrected chi connectivity index (χ1v) is 22.4. The Hall–Kier alpha value is -3.26. The van der Waals surface area contributed by atoms with Crippen LogP contribution in [0, 0.1) is 0 Å². The van der Waals surface area contributed by atoms with Gasteiger partial charge in [-0.15, -0.1) is 0 Å². The topological polar surface area (TPSA) is 15.3 Å². The van der Waals surface area contributed by atoms with E-state index in [0.717, 1.165) is 12.1 Å². The fourth-order valence-corrected chi connectivity index (χ4v) is 7.75. The third-order valence-corrected chi connectivity index (χ3v) is 11.3. The third-order valence-electron chi connectivity index (χ3n) is 11.3. The van der Waals surface area contributed by atoms with E-state index in [0.29, 0.717) is 0 Å². The number of aryl methyl sites for hydroxylation is 3. The van der Waals surface area contributed by atoms with Crippen molar-refractivity contribution in [1.29, 1.82) is 0 Å². The largest absolute Gasteiger partial charge is 0.298 e. The van der Waals surface area contributed by atoms with Gasteiger partial charge in [0.05, 0.1) is 17.4 Å². The first-order valence-electron chi connectivity index (χ1n) is 22.4. The molecule has 0 aliphatic carbocycles. The lowest BCUT2D eigenvalue weighted by Crippen LogP contribution is -2.34. The zero-order valence-corrected chi connectivity index (χ0v) is 34.4. The van der Waals surface area contributed by atoms with Crippen molar-refractivity contribution in [2.24, 2.45) is 0 Å². The van der Waals surface area contributed by atoms with Gasteiger partial charge in [0.25, 0.3) is 0 Å². The van der Waals surface area contributed by atoms with Crippen LogP contribution in [0.5, 0.6) is 0 Å². The molecule has 0 aromatic heterocycles. The van der Waals surface area contributed by atoms with E-state index in [4.69, 9.17) is 0 Å². The summed E-state index contributed by atoms with van der Waals surface area (Å²) < 4.78 is 0. The monoisotopic (exact) mass is 717 g/mol. The number of allylic oxidation sites excluding steroid dienone is 1. The molecule has 0 fully saturated rings. The number of rotatable bonds is 29. The van der Waals surface area contributed by atoms with Crippen molar-refractivity contribution < 1.29 is 0 Å². The van der Waals surface area contributed by atoms with Crippen LogP contribution in [0.1, 0.15) is 196 Å². The van der Waals surface area contributed by atoms with Gasteiger partial charge in [0, 0.05) is 0 Å². The number of nitrogens with zero attached hydrogens (tertiary/aromatic N) is 1. The van der Waals surface area contributed by atoms with Gasteiger partial charge >= 0.3 is 0 Å². The van der Waals surface area contributed by atoms with Crippen LogP contribution in [0.25, 0.3) is 6.08 Å². The second-order valence-electron chi connectivity index (χ2n) is 16.0. The Labute approximate surface area is 326 Å². The summed E-state index contributed by atoms with van der Waals surface area (Å²) in [6, 6.07) is 28.0. The maximum atomic E-state index is 3.76. The standard InChI is InChI=1S/C51H76N2/c1-4-7-10-12-14-16-18-20-22-24-27-45-29-31-47(32-30-45)35-40-49-43-51(53(52-49)50-41-36-44(37-42-50)26-9-6-3)48-38-33-46(34-39-48)28-25-23-21-19-17-15-13-11-8-5-2/h29-43,51-52H,4-28H2,1-3H3. The minimum atomic E-state index is 0.144. The lowest BCUT2D eigenvalue weighted by molar-refractivity contribution is 0.556. The van der Waals surface area contributed by atoms with Gasteiger partial charge in [0.15, 0.2) is 0 Å². The Morgan fingerprint density at radius 2 is 0.830 bits per heavy atom. The maximum Gasteiger partial charge on any atom is 0.0958 e. The lowest BCUT2D eigenvalue weighted by atomic mass is 10.00. The SMILES string of the molecule is CCCCCCCCCCCCc1ccc(C=CC2=CC(c3ccc(CCCCCCCCCCCC)cc3)N(c3ccc(CCCC)cc3)N2)cc1. The van der Waals surface area contributed by atoms with Crippen molar-refractivity contribution in [3.8, 4) is 0 Å². The van der Waals surface area contributed by atoms with Crippen molar-refractivity contribution >= 4 is 11.8 Å². The van der Waals surface area contributed by atoms with Gasteiger partial charge in [-0.25, -0.2) is 0 Å². The molecule has 1 aliphatic rings. The Kier molecular flexibility index (Phi) is 21.2. The van der Waals surface area contributed by atoms with Gasteiger partial charge in [-0.3, -0.25) is 10.4 Å². The average molecular weight is 717 g/mol. The lowest BCUT2D eigenvalue weighted by Gasteiger charge is -2.28. The molecule has 0 amide bonds. The van der Waals surface area contributed by atoms with E-state index in [1.165, 1.54) is 188 Å². The van der Waals surface area contributed by atoms with E-state index in [1.807, 2.05) is 0 Å². The highest BCUT2D eigenvalue weighted by atomic mass is 15.5. The molecular formula is C51H76N2. The Balaban J connectivity index is 1.28. The predicted octanol–water partition coefficient (Wildman–Crippen LogP) is 15.6. The van der Waals surface area contributed by atoms with Crippen LogP contribution < -0.4 is 10.4 Å². The second kappa shape index (κ2) is 26.5. The second-order valence-corrected chi connectivity index (χ2v) is 16.0. The summed E-state index contributed by atoms with van der Waals surface area (Å²) in [5, 5.41) is 2.34. The highest BCUT2D eigenvalue weighted by Gasteiger charge is 2.25. The number of anilines is 1. The zero-order valence-electron chi connectivity index (χ0n) is 34.4. The van der Waals surface area contributed by atoms with Crippen LogP contribution in [0.4, 0.5) is 5.69 Å². The van der Waals surface area contributed by atoms with Crippen molar-refractivity contribution in [3.63, 3.8) is 0 Å². The van der Waals surface area contributed by atoms with Crippen LogP contribution in [0.3, 0.4) is 0 Å². The molecule has 3 aromatic rings. The Morgan fingerprint density at radius 3 is 1.30 bits per heavy atom. The number of unbranched alkanes of at least 4 members (excludes halogenated alkanes) is 19. The summed E-state index contributed by atoms with van der Waals surface area (Å²) in [7, 11) is 0. The summed E-state index contributed by atoms with van der Waals surface area (Å²) >= 11 is 0. The van der Waals surface area contributed by atoms with Gasteiger partial charge in [-0.05, 0) is 90.6 Å². The molecule has 290 valence electrons. The normalized spacial score (nSPS) is 14.3. The maximum absolute atomic E-state index is 3.76. The molecule has 0 spiro atoms. The number of hydrogen-bond donors (Lipinski definition) is 1. The fraction of sp³-hybridized carbons (Fsp3) is 0.569. The highest BCUT2D eigenvalue weighted by molar-refractivity contribution is 5.58. The van der Waals surface area contributed by atoms with Gasteiger partial charge in [-0.1, -0.05) is 210 Å². The molecule has 1 aliphatic heterocycles. The summed E-state index contributed by atoms with van der Waals surface area (Å²) in [5.74, 6) is 0. The number of hydrogen-bond acceptors (Lipinski definition) is 2. The molecule has 3 aromatic carbocycles. The molecule has 0 bridgehead atoms. The van der Waals surface area contributed by atoms with Gasteiger partial charge in [0.2, 0.25) is 0 Å². The summed E-state index contributed by atoms with van der Waals surface area (Å²) in [5.41, 5.74) is 13.1. The van der Waals surface area contributed by atoms with Gasteiger partial charge in [-0.2, -0.15) is 0 Å². The molecule has 1 heterocycles. The van der Waals surface area contributed by atoms with E-state index in [9.17, 15) is 0 Å². The molecule has 4 rings (SSSR count). The smallest absolute Gasteiger partial charge is 0.0958 e. The summed E-state index contributed by atoms with van der Waals surface area (Å²) in [4.78, 5) is 0. The van der Waals surface area contributed by atoms with Crippen molar-refractivity contribution in [1.82, 2.24) is 5.43 Å². The van der Waals surface area contributed by atoms with Crippen molar-refractivity contribution in [3.05, 3.63) is 118 Å². The average Bonchev–Trinajstić information content (AvgIpc) is 3.63. The number of hydrazine groups is 1. The van der Waals surface area contributed by atoms with E-state index < -0.39 is 0 Å². The first kappa shape index (κ1) is 42.5. The van der Waals surface area contributed by atoms with E-state index in [2.05, 4.69) is 122 Å². The van der Waals surface area contributed by atoms with Crippen molar-refractivity contribution in [2.75, 3.05) is 5.01 Å². The number of benzene rings is 3. The zero-order chi connectivity index (χ0) is 37.2. The molecular weight excluding hydrogens is 641 g/mol. The molecule has 0 saturated heterocycles. The van der Waals surface area contributed by atoms with Crippen LogP contribution in [0.15, 0.2) is 90.6 Å². The quantitative estimate of drug-likeness (QED) is 0.0720. The fourth-order valence-electron chi connectivity index (χ4n) is 7.75. The van der Waals surface area contributed by atoms with E-state index >= 15 is 0 Å². The molecule has 0 saturated carbocycles. The summed E-state index contributed by atoms with van der Waals surface area (Å²) in [6.45, 7) is 6.86. The molecule has 1 atom stereocenters. The molecule has 0 radical (unpaired) electrons. The van der Waals surface area contributed by atoms with Gasteiger partial charge < -0.3 is 0 Å². The van der Waals surface area contributed by atoms with Crippen molar-refractivity contribution in [2.45, 2.75) is 187 Å². The minimum absolute atomic E-state index is 0.144. The van der Waals surface area contributed by atoms with Crippen LogP contribution in [0.2, 0.25) is 0 Å². The molecule has 2 heteroatoms. The Morgan fingerprint density at radius 1 is 0.434 bits per heavy atom. The van der Waals surface area contributed by atoms with E-state index in [-0.39, 0.29) is 6.04 Å². The van der Waals surface area contributed by atoms with Crippen LogP contribution in [-0.4, -0.2) is 0 Å². The third kappa shape index (κ3) is 16.7. The molecule has 53 heavy (non-hydrogen) atoms. The van der Waals surface area contributed by atoms with Gasteiger partial charge in [0.1, 0.15) is 0 Å². The predicted molar refractivity (Wildman–Crippen MR) is 235 cm³/mol. The first-order chi connectivity index (χ1) is 26.2. The molecule has 1 unspecified atom stereocenters. The summed E-state index contributed by atoms with van der Waals surface area (Å²) in [6.07, 6.45) is 40.7. The molecule has 2 nitrogen and oxygen atoms in total. The minimum Gasteiger partial charge on any atom is -0.298 e. The van der Waals surface area contributed by atoms with Crippen LogP contribution in [-0.2, 0) is 19.3 Å². The highest BCUT2D eigenvalue weighted by Crippen LogP contribution is 2.33. The Bertz CT molecular complexity index is 1400. The van der Waals surface area contributed by atoms with Crippen LogP contribution >= 0.6 is 0 Å². The number of nitrogens with one attached hydrogen (secondary N) is 1. The molecule has 1 N–H and O–H groups in total. The van der Waals surface area contributed by atoms with E-state index in [1.54, 1.807) is 0 Å².